The van der Waals surface area contributed by atoms with E-state index in [0.29, 0.717) is 17.9 Å². The molecule has 6 heteroatoms. The van der Waals surface area contributed by atoms with E-state index in [2.05, 4.69) is 0 Å². The van der Waals surface area contributed by atoms with Crippen LogP contribution in [0.4, 0.5) is 13.2 Å². The van der Waals surface area contributed by atoms with E-state index < -0.39 is 24.5 Å². The van der Waals surface area contributed by atoms with Gasteiger partial charge >= 0.3 is 12.1 Å². The molecular formula is C13H14ClF3O2. The summed E-state index contributed by atoms with van der Waals surface area (Å²) in [6.45, 7) is 0. The number of benzene rings is 1. The van der Waals surface area contributed by atoms with E-state index in [1.807, 2.05) is 0 Å². The maximum absolute atomic E-state index is 12.6. The summed E-state index contributed by atoms with van der Waals surface area (Å²) in [5.74, 6) is -3.20. The smallest absolute Gasteiger partial charge is 0.392 e. The van der Waals surface area contributed by atoms with E-state index in [1.165, 1.54) is 0 Å². The predicted octanol–water partition coefficient (Wildman–Crippen LogP) is 4.32. The lowest BCUT2D eigenvalue weighted by Crippen LogP contribution is -2.25. The van der Waals surface area contributed by atoms with Crippen molar-refractivity contribution >= 4 is 17.6 Å². The summed E-state index contributed by atoms with van der Waals surface area (Å²) in [7, 11) is 0. The molecule has 0 amide bonds. The number of aryl methyl sites for hydroxylation is 1. The number of rotatable bonds is 6. The van der Waals surface area contributed by atoms with Crippen LogP contribution in [-0.4, -0.2) is 17.3 Å². The topological polar surface area (TPSA) is 37.3 Å². The van der Waals surface area contributed by atoms with Crippen LogP contribution >= 0.6 is 11.6 Å². The van der Waals surface area contributed by atoms with Crippen molar-refractivity contribution in [3.63, 3.8) is 0 Å². The number of carboxylic acids is 1. The molecule has 1 rings (SSSR count). The highest BCUT2D eigenvalue weighted by molar-refractivity contribution is 6.30. The monoisotopic (exact) mass is 294 g/mol. The number of hydrogen-bond donors (Lipinski definition) is 1. The summed E-state index contributed by atoms with van der Waals surface area (Å²) in [4.78, 5) is 10.4. The van der Waals surface area contributed by atoms with Crippen LogP contribution in [0.3, 0.4) is 0 Å². The fourth-order valence-corrected chi connectivity index (χ4v) is 1.92. The first-order chi connectivity index (χ1) is 8.79. The number of carbonyl (C=O) groups is 1. The van der Waals surface area contributed by atoms with Gasteiger partial charge in [0.2, 0.25) is 0 Å². The summed E-state index contributed by atoms with van der Waals surface area (Å²) in [6.07, 6.45) is -4.75. The van der Waals surface area contributed by atoms with Crippen LogP contribution < -0.4 is 0 Å². The molecule has 0 bridgehead atoms. The molecule has 0 aliphatic rings. The maximum atomic E-state index is 12.6. The lowest BCUT2D eigenvalue weighted by Gasteiger charge is -2.18. The third-order valence-electron chi connectivity index (χ3n) is 2.82. The minimum atomic E-state index is -4.46. The third kappa shape index (κ3) is 5.96. The Bertz CT molecular complexity index is 415. The molecule has 0 fully saturated rings. The van der Waals surface area contributed by atoms with Crippen LogP contribution in [0.2, 0.25) is 5.02 Å². The minimum absolute atomic E-state index is 0.182. The molecule has 0 spiro atoms. The molecule has 0 saturated heterocycles. The fourth-order valence-electron chi connectivity index (χ4n) is 1.80. The molecule has 0 aliphatic heterocycles. The van der Waals surface area contributed by atoms with Crippen LogP contribution in [0.25, 0.3) is 0 Å². The zero-order valence-corrected chi connectivity index (χ0v) is 10.8. The second kappa shape index (κ2) is 6.80. The summed E-state index contributed by atoms with van der Waals surface area (Å²) in [5, 5.41) is 9.05. The number of alkyl halides is 3. The van der Waals surface area contributed by atoms with Crippen molar-refractivity contribution in [2.24, 2.45) is 5.92 Å². The van der Waals surface area contributed by atoms with E-state index in [1.54, 1.807) is 24.3 Å². The third-order valence-corrected chi connectivity index (χ3v) is 3.07. The van der Waals surface area contributed by atoms with Crippen molar-refractivity contribution in [2.75, 3.05) is 0 Å². The van der Waals surface area contributed by atoms with Gasteiger partial charge in [0.25, 0.3) is 0 Å². The van der Waals surface area contributed by atoms with Crippen molar-refractivity contribution in [3.05, 3.63) is 34.9 Å². The molecule has 0 heterocycles. The van der Waals surface area contributed by atoms with Crippen molar-refractivity contribution in [3.8, 4) is 0 Å². The van der Waals surface area contributed by atoms with Crippen LogP contribution in [0, 0.1) is 5.92 Å². The van der Waals surface area contributed by atoms with Crippen LogP contribution in [0.5, 0.6) is 0 Å². The maximum Gasteiger partial charge on any atom is 0.392 e. The van der Waals surface area contributed by atoms with Crippen LogP contribution in [-0.2, 0) is 11.2 Å². The lowest BCUT2D eigenvalue weighted by atomic mass is 9.96. The predicted molar refractivity (Wildman–Crippen MR) is 66.2 cm³/mol. The molecule has 0 saturated carbocycles. The summed E-state index contributed by atoms with van der Waals surface area (Å²) >= 11 is 5.70. The zero-order valence-electron chi connectivity index (χ0n) is 10.1. The summed E-state index contributed by atoms with van der Waals surface area (Å²) in [5.41, 5.74) is 0.889. The molecule has 2 nitrogen and oxygen atoms in total. The number of aliphatic carboxylic acids is 1. The van der Waals surface area contributed by atoms with Gasteiger partial charge in [-0.3, -0.25) is 4.79 Å². The van der Waals surface area contributed by atoms with Crippen molar-refractivity contribution < 1.29 is 23.1 Å². The Labute approximate surface area is 114 Å². The largest absolute Gasteiger partial charge is 0.481 e. The van der Waals surface area contributed by atoms with Crippen LogP contribution in [0.1, 0.15) is 24.8 Å². The standard InChI is InChI=1S/C13H14ClF3O2/c14-11-6-4-9(5-7-11)2-1-3-10(8-12(18)19)13(15,16)17/h4-7,10H,1-3,8H2,(H,18,19). The Balaban J connectivity index is 2.48. The van der Waals surface area contributed by atoms with E-state index in [0.717, 1.165) is 5.56 Å². The van der Waals surface area contributed by atoms with E-state index in [4.69, 9.17) is 16.7 Å². The Morgan fingerprint density at radius 1 is 1.26 bits per heavy atom. The number of hydrogen-bond acceptors (Lipinski definition) is 1. The average Bonchev–Trinajstić information content (AvgIpc) is 2.28. The number of carboxylic acid groups (broad SMARTS) is 1. The Morgan fingerprint density at radius 2 is 1.84 bits per heavy atom. The first-order valence-corrected chi connectivity index (χ1v) is 6.20. The first-order valence-electron chi connectivity index (χ1n) is 5.82. The Kier molecular flexibility index (Phi) is 5.66. The van der Waals surface area contributed by atoms with E-state index in [9.17, 15) is 18.0 Å². The fraction of sp³-hybridized carbons (Fsp3) is 0.462. The van der Waals surface area contributed by atoms with Gasteiger partial charge in [-0.1, -0.05) is 23.7 Å². The van der Waals surface area contributed by atoms with Crippen molar-refractivity contribution in [1.82, 2.24) is 0 Å². The Hall–Kier alpha value is -1.23. The van der Waals surface area contributed by atoms with Gasteiger partial charge in [-0.05, 0) is 37.0 Å². The molecule has 19 heavy (non-hydrogen) atoms. The normalized spacial score (nSPS) is 13.3. The molecule has 1 aromatic carbocycles. The van der Waals surface area contributed by atoms with E-state index >= 15 is 0 Å². The highest BCUT2D eigenvalue weighted by atomic mass is 35.5. The Morgan fingerprint density at radius 3 is 2.32 bits per heavy atom. The van der Waals surface area contributed by atoms with Gasteiger partial charge < -0.3 is 5.11 Å². The van der Waals surface area contributed by atoms with Crippen molar-refractivity contribution in [1.29, 1.82) is 0 Å². The van der Waals surface area contributed by atoms with Gasteiger partial charge in [-0.15, -0.1) is 0 Å². The quantitative estimate of drug-likeness (QED) is 0.848. The van der Waals surface area contributed by atoms with Crippen molar-refractivity contribution in [2.45, 2.75) is 31.9 Å². The number of halogens is 4. The van der Waals surface area contributed by atoms with Crippen LogP contribution in [0.15, 0.2) is 24.3 Å². The molecule has 1 unspecified atom stereocenters. The first kappa shape index (κ1) is 15.8. The summed E-state index contributed by atoms with van der Waals surface area (Å²) < 4.78 is 37.7. The summed E-state index contributed by atoms with van der Waals surface area (Å²) in [6, 6.07) is 6.86. The lowest BCUT2D eigenvalue weighted by molar-refractivity contribution is -0.184. The van der Waals surface area contributed by atoms with Gasteiger partial charge in [-0.25, -0.2) is 0 Å². The highest BCUT2D eigenvalue weighted by Gasteiger charge is 2.40. The molecule has 1 aromatic rings. The molecule has 1 N–H and O–H groups in total. The molecule has 0 aliphatic carbocycles. The molecule has 106 valence electrons. The van der Waals surface area contributed by atoms with Gasteiger partial charge in [-0.2, -0.15) is 13.2 Å². The SMILES string of the molecule is O=C(O)CC(CCCc1ccc(Cl)cc1)C(F)(F)F. The zero-order chi connectivity index (χ0) is 14.5. The average molecular weight is 295 g/mol. The minimum Gasteiger partial charge on any atom is -0.481 e. The van der Waals surface area contributed by atoms with Gasteiger partial charge in [0.05, 0.1) is 12.3 Å². The molecule has 1 atom stereocenters. The van der Waals surface area contributed by atoms with Gasteiger partial charge in [0, 0.05) is 5.02 Å². The molecule has 0 radical (unpaired) electrons. The molecule has 0 aromatic heterocycles. The second-order valence-corrected chi connectivity index (χ2v) is 4.79. The highest BCUT2D eigenvalue weighted by Crippen LogP contribution is 2.32. The second-order valence-electron chi connectivity index (χ2n) is 4.36. The van der Waals surface area contributed by atoms with Gasteiger partial charge in [0.15, 0.2) is 0 Å². The van der Waals surface area contributed by atoms with E-state index in [-0.39, 0.29) is 6.42 Å². The molecular weight excluding hydrogens is 281 g/mol. The van der Waals surface area contributed by atoms with Gasteiger partial charge in [0.1, 0.15) is 0 Å².